The number of pyridine rings is 1. The van der Waals surface area contributed by atoms with E-state index in [0.29, 0.717) is 23.0 Å². The minimum absolute atomic E-state index is 0.0758. The third-order valence-electron chi connectivity index (χ3n) is 3.77. The first-order chi connectivity index (χ1) is 11.0. The molecule has 23 heavy (non-hydrogen) atoms. The van der Waals surface area contributed by atoms with Crippen LogP contribution in [0.1, 0.15) is 31.0 Å². The Balaban J connectivity index is 2.17. The summed E-state index contributed by atoms with van der Waals surface area (Å²) < 4.78 is 1.46. The Hall–Kier alpha value is -3.20. The molecular formula is C17H14N4O2. The van der Waals surface area contributed by atoms with Crippen molar-refractivity contribution in [3.8, 4) is 17.3 Å². The van der Waals surface area contributed by atoms with Gasteiger partial charge in [0.25, 0.3) is 5.69 Å². The van der Waals surface area contributed by atoms with E-state index in [2.05, 4.69) is 24.9 Å². The molecule has 0 radical (unpaired) electrons. The van der Waals surface area contributed by atoms with Crippen LogP contribution in [-0.2, 0) is 0 Å². The molecule has 3 rings (SSSR count). The van der Waals surface area contributed by atoms with E-state index in [-0.39, 0.29) is 5.69 Å². The molecular weight excluding hydrogens is 292 g/mol. The topological polar surface area (TPSA) is 84.2 Å². The zero-order valence-electron chi connectivity index (χ0n) is 12.7. The molecule has 0 spiro atoms. The fourth-order valence-electron chi connectivity index (χ4n) is 2.48. The van der Waals surface area contributed by atoms with Gasteiger partial charge in [0.05, 0.1) is 11.1 Å². The number of nitriles is 1. The van der Waals surface area contributed by atoms with Crippen molar-refractivity contribution in [2.24, 2.45) is 0 Å². The third-order valence-corrected chi connectivity index (χ3v) is 3.77. The van der Waals surface area contributed by atoms with Gasteiger partial charge in [-0.25, -0.2) is 4.98 Å². The third kappa shape index (κ3) is 2.53. The highest BCUT2D eigenvalue weighted by atomic mass is 16.6. The summed E-state index contributed by atoms with van der Waals surface area (Å²) in [5.41, 5.74) is 3.27. The first-order valence-electron chi connectivity index (χ1n) is 7.18. The number of fused-ring (bicyclic) bond motifs is 1. The molecule has 0 bridgehead atoms. The normalized spacial score (nSPS) is 10.9. The lowest BCUT2D eigenvalue weighted by atomic mass is 10.0. The molecule has 1 aromatic carbocycles. The number of rotatable bonds is 3. The molecule has 0 atom stereocenters. The van der Waals surface area contributed by atoms with Gasteiger partial charge in [0.15, 0.2) is 5.69 Å². The van der Waals surface area contributed by atoms with Gasteiger partial charge in [0.1, 0.15) is 17.4 Å². The number of hydrogen-bond donors (Lipinski definition) is 0. The second-order valence-electron chi connectivity index (χ2n) is 5.57. The predicted octanol–water partition coefficient (Wildman–Crippen LogP) is 3.90. The van der Waals surface area contributed by atoms with Crippen LogP contribution in [0.4, 0.5) is 5.69 Å². The smallest absolute Gasteiger partial charge is 0.284 e. The minimum atomic E-state index is -0.488. The van der Waals surface area contributed by atoms with Crippen molar-refractivity contribution in [3.05, 3.63) is 64.0 Å². The highest BCUT2D eigenvalue weighted by Gasteiger charge is 2.16. The molecule has 6 heteroatoms. The molecule has 6 nitrogen and oxygen atoms in total. The summed E-state index contributed by atoms with van der Waals surface area (Å²) in [7, 11) is 0. The van der Waals surface area contributed by atoms with Crippen molar-refractivity contribution in [3.63, 3.8) is 0 Å². The molecule has 3 aromatic rings. The van der Waals surface area contributed by atoms with Crippen LogP contribution in [0.25, 0.3) is 16.9 Å². The zero-order chi connectivity index (χ0) is 16.6. The van der Waals surface area contributed by atoms with Gasteiger partial charge >= 0.3 is 0 Å². The van der Waals surface area contributed by atoms with Gasteiger partial charge in [0, 0.05) is 11.6 Å². The molecule has 0 N–H and O–H groups in total. The van der Waals surface area contributed by atoms with Crippen molar-refractivity contribution in [1.82, 2.24) is 9.38 Å². The van der Waals surface area contributed by atoms with E-state index >= 15 is 0 Å². The van der Waals surface area contributed by atoms with E-state index < -0.39 is 4.92 Å². The lowest BCUT2D eigenvalue weighted by molar-refractivity contribution is -0.385. The minimum Gasteiger partial charge on any atom is -0.284 e. The summed E-state index contributed by atoms with van der Waals surface area (Å²) in [6, 6.07) is 12.9. The Bertz CT molecular complexity index is 934. The van der Waals surface area contributed by atoms with E-state index in [9.17, 15) is 15.4 Å². The molecule has 0 aliphatic carbocycles. The van der Waals surface area contributed by atoms with Crippen LogP contribution < -0.4 is 0 Å². The summed E-state index contributed by atoms with van der Waals surface area (Å²) in [5.74, 6) is 0.420. The zero-order valence-corrected chi connectivity index (χ0v) is 12.7. The van der Waals surface area contributed by atoms with Gasteiger partial charge in [-0.1, -0.05) is 38.1 Å². The Morgan fingerprint density at radius 2 is 1.91 bits per heavy atom. The molecule has 0 aliphatic heterocycles. The van der Waals surface area contributed by atoms with E-state index in [1.54, 1.807) is 6.07 Å². The predicted molar refractivity (Wildman–Crippen MR) is 86.1 cm³/mol. The van der Waals surface area contributed by atoms with Gasteiger partial charge in [-0.3, -0.25) is 14.5 Å². The van der Waals surface area contributed by atoms with Crippen molar-refractivity contribution < 1.29 is 4.92 Å². The van der Waals surface area contributed by atoms with Crippen LogP contribution in [0.3, 0.4) is 0 Å². The van der Waals surface area contributed by atoms with E-state index in [1.807, 2.05) is 24.3 Å². The highest BCUT2D eigenvalue weighted by molar-refractivity contribution is 5.70. The number of aromatic nitrogens is 2. The van der Waals surface area contributed by atoms with Crippen LogP contribution >= 0.6 is 0 Å². The van der Waals surface area contributed by atoms with Gasteiger partial charge in [-0.05, 0) is 17.5 Å². The number of hydrogen-bond acceptors (Lipinski definition) is 4. The molecule has 114 valence electrons. The summed E-state index contributed by atoms with van der Waals surface area (Å²) >= 11 is 0. The van der Waals surface area contributed by atoms with Gasteiger partial charge in [-0.2, -0.15) is 5.26 Å². The second kappa shape index (κ2) is 5.54. The molecule has 0 aliphatic rings. The van der Waals surface area contributed by atoms with Crippen LogP contribution in [0.2, 0.25) is 0 Å². The van der Waals surface area contributed by atoms with Crippen molar-refractivity contribution in [2.45, 2.75) is 19.8 Å². The van der Waals surface area contributed by atoms with Crippen molar-refractivity contribution in [1.29, 1.82) is 5.26 Å². The number of nitro groups is 1. The number of imidazole rings is 1. The first kappa shape index (κ1) is 14.7. The van der Waals surface area contributed by atoms with Gasteiger partial charge < -0.3 is 0 Å². The second-order valence-corrected chi connectivity index (χ2v) is 5.57. The fourth-order valence-corrected chi connectivity index (χ4v) is 2.48. The quantitative estimate of drug-likeness (QED) is 0.542. The largest absolute Gasteiger partial charge is 0.286 e. The average Bonchev–Trinajstić information content (AvgIpc) is 2.92. The maximum Gasteiger partial charge on any atom is 0.286 e. The average molecular weight is 306 g/mol. The summed E-state index contributed by atoms with van der Waals surface area (Å²) in [6.07, 6.45) is 1.33. The van der Waals surface area contributed by atoms with Crippen LogP contribution in [0.15, 0.2) is 42.6 Å². The standard InChI is InChI=1S/C17H14N4O2/c1-11(2)12-3-5-13(6-4-12)17-15(9-18)20-10-14(21(22)23)7-8-16(20)19-17/h3-8,10-11H,1-2H3. The van der Waals surface area contributed by atoms with Crippen molar-refractivity contribution >= 4 is 11.3 Å². The molecule has 0 saturated carbocycles. The summed E-state index contributed by atoms with van der Waals surface area (Å²) in [4.78, 5) is 14.9. The monoisotopic (exact) mass is 306 g/mol. The van der Waals surface area contributed by atoms with Crippen LogP contribution in [-0.4, -0.2) is 14.3 Å². The lowest BCUT2D eigenvalue weighted by Crippen LogP contribution is -1.94. The fraction of sp³-hybridized carbons (Fsp3) is 0.176. The summed E-state index contributed by atoms with van der Waals surface area (Å²) in [5, 5.41) is 20.4. The summed E-state index contributed by atoms with van der Waals surface area (Å²) in [6.45, 7) is 4.22. The van der Waals surface area contributed by atoms with Gasteiger partial charge in [0.2, 0.25) is 0 Å². The van der Waals surface area contributed by atoms with Crippen LogP contribution in [0, 0.1) is 21.4 Å². The Morgan fingerprint density at radius 1 is 1.22 bits per heavy atom. The van der Waals surface area contributed by atoms with E-state index in [1.165, 1.54) is 22.2 Å². The molecule has 0 saturated heterocycles. The Kier molecular flexibility index (Phi) is 3.54. The van der Waals surface area contributed by atoms with E-state index in [4.69, 9.17) is 0 Å². The highest BCUT2D eigenvalue weighted by Crippen LogP contribution is 2.27. The Labute approximate surface area is 132 Å². The Morgan fingerprint density at radius 3 is 2.48 bits per heavy atom. The first-order valence-corrected chi connectivity index (χ1v) is 7.18. The molecule has 2 heterocycles. The van der Waals surface area contributed by atoms with Crippen molar-refractivity contribution in [2.75, 3.05) is 0 Å². The SMILES string of the molecule is CC(C)c1ccc(-c2nc3ccc([N+](=O)[O-])cn3c2C#N)cc1. The molecule has 2 aromatic heterocycles. The molecule has 0 unspecified atom stereocenters. The van der Waals surface area contributed by atoms with E-state index in [0.717, 1.165) is 5.56 Å². The molecule has 0 amide bonds. The van der Waals surface area contributed by atoms with Crippen LogP contribution in [0.5, 0.6) is 0 Å². The molecule has 0 fully saturated rings. The number of nitrogens with zero attached hydrogens (tertiary/aromatic N) is 4. The maximum atomic E-state index is 10.9. The van der Waals surface area contributed by atoms with Gasteiger partial charge in [-0.15, -0.1) is 0 Å². The maximum absolute atomic E-state index is 10.9. The lowest BCUT2D eigenvalue weighted by Gasteiger charge is -2.05. The number of benzene rings is 1.